The highest BCUT2D eigenvalue weighted by atomic mass is 35.5. The van der Waals surface area contributed by atoms with Crippen molar-refractivity contribution < 1.29 is 9.59 Å². The SMILES string of the molecule is CC(=O)Nc1cc(Cl)ccc1NC(=O)c1n[nH]c2c1CNCC2.Cl. The molecule has 2 heterocycles. The maximum absolute atomic E-state index is 12.5. The van der Waals surface area contributed by atoms with Crippen LogP contribution in [0.3, 0.4) is 0 Å². The van der Waals surface area contributed by atoms with E-state index >= 15 is 0 Å². The van der Waals surface area contributed by atoms with Crippen LogP contribution in [0.15, 0.2) is 18.2 Å². The first-order valence-corrected chi connectivity index (χ1v) is 7.57. The van der Waals surface area contributed by atoms with Crippen LogP contribution in [0, 0.1) is 0 Å². The number of aromatic nitrogens is 2. The molecule has 0 fully saturated rings. The summed E-state index contributed by atoms with van der Waals surface area (Å²) >= 11 is 5.94. The summed E-state index contributed by atoms with van der Waals surface area (Å²) in [7, 11) is 0. The molecule has 0 aliphatic carbocycles. The molecule has 1 aliphatic rings. The van der Waals surface area contributed by atoms with E-state index in [2.05, 4.69) is 26.1 Å². The fourth-order valence-electron chi connectivity index (χ4n) is 2.51. The van der Waals surface area contributed by atoms with Gasteiger partial charge in [0.05, 0.1) is 11.4 Å². The fourth-order valence-corrected chi connectivity index (χ4v) is 2.69. The lowest BCUT2D eigenvalue weighted by atomic mass is 10.1. The number of carbonyl (C=O) groups excluding carboxylic acids is 2. The van der Waals surface area contributed by atoms with Crippen LogP contribution in [-0.2, 0) is 17.8 Å². The number of hydrogen-bond donors (Lipinski definition) is 4. The number of benzene rings is 1. The van der Waals surface area contributed by atoms with Gasteiger partial charge in [-0.2, -0.15) is 5.10 Å². The predicted octanol–water partition coefficient (Wildman–Crippen LogP) is 2.34. The summed E-state index contributed by atoms with van der Waals surface area (Å²) in [6.07, 6.45) is 0.813. The average Bonchev–Trinajstić information content (AvgIpc) is 2.93. The van der Waals surface area contributed by atoms with E-state index in [4.69, 9.17) is 11.6 Å². The van der Waals surface area contributed by atoms with Gasteiger partial charge in [-0.05, 0) is 18.2 Å². The molecule has 1 aromatic heterocycles. The number of aromatic amines is 1. The van der Waals surface area contributed by atoms with Gasteiger partial charge in [0.15, 0.2) is 5.69 Å². The number of halogens is 2. The van der Waals surface area contributed by atoms with E-state index in [0.29, 0.717) is 28.6 Å². The lowest BCUT2D eigenvalue weighted by Gasteiger charge is -2.14. The molecule has 0 radical (unpaired) electrons. The van der Waals surface area contributed by atoms with E-state index in [9.17, 15) is 9.59 Å². The van der Waals surface area contributed by atoms with Crippen LogP contribution in [0.5, 0.6) is 0 Å². The van der Waals surface area contributed by atoms with Gasteiger partial charge in [0.1, 0.15) is 0 Å². The summed E-state index contributed by atoms with van der Waals surface area (Å²) < 4.78 is 0. The number of hydrogen-bond acceptors (Lipinski definition) is 4. The molecular formula is C15H17Cl2N5O2. The van der Waals surface area contributed by atoms with Crippen LogP contribution < -0.4 is 16.0 Å². The molecule has 4 N–H and O–H groups in total. The van der Waals surface area contributed by atoms with Crippen LogP contribution in [-0.4, -0.2) is 28.6 Å². The zero-order valence-corrected chi connectivity index (χ0v) is 14.5. The minimum absolute atomic E-state index is 0. The molecule has 9 heteroatoms. The fraction of sp³-hybridized carbons (Fsp3) is 0.267. The zero-order chi connectivity index (χ0) is 16.4. The van der Waals surface area contributed by atoms with Gasteiger partial charge in [0.2, 0.25) is 5.91 Å². The topological polar surface area (TPSA) is 98.9 Å². The monoisotopic (exact) mass is 369 g/mol. The van der Waals surface area contributed by atoms with Crippen LogP contribution in [0.2, 0.25) is 5.02 Å². The Balaban J connectivity index is 0.00000208. The molecule has 0 saturated carbocycles. The Morgan fingerprint density at radius 2 is 2.04 bits per heavy atom. The van der Waals surface area contributed by atoms with E-state index in [1.807, 2.05) is 0 Å². The molecule has 0 unspecified atom stereocenters. The smallest absolute Gasteiger partial charge is 0.276 e. The quantitative estimate of drug-likeness (QED) is 0.667. The molecule has 2 amide bonds. The van der Waals surface area contributed by atoms with Gasteiger partial charge >= 0.3 is 0 Å². The van der Waals surface area contributed by atoms with E-state index < -0.39 is 0 Å². The Morgan fingerprint density at radius 3 is 2.79 bits per heavy atom. The Labute approximate surface area is 149 Å². The van der Waals surface area contributed by atoms with Crippen LogP contribution in [0.25, 0.3) is 0 Å². The van der Waals surface area contributed by atoms with Crippen LogP contribution in [0.4, 0.5) is 11.4 Å². The second-order valence-electron chi connectivity index (χ2n) is 5.28. The van der Waals surface area contributed by atoms with Crippen molar-refractivity contribution in [3.05, 3.63) is 40.2 Å². The van der Waals surface area contributed by atoms with E-state index in [-0.39, 0.29) is 24.2 Å². The Hall–Kier alpha value is -2.09. The zero-order valence-electron chi connectivity index (χ0n) is 12.9. The van der Waals surface area contributed by atoms with Crippen molar-refractivity contribution in [2.24, 2.45) is 0 Å². The molecule has 0 bridgehead atoms. The first kappa shape index (κ1) is 18.3. The largest absolute Gasteiger partial charge is 0.324 e. The highest BCUT2D eigenvalue weighted by Gasteiger charge is 2.22. The lowest BCUT2D eigenvalue weighted by molar-refractivity contribution is -0.114. The molecular weight excluding hydrogens is 353 g/mol. The molecule has 2 aromatic rings. The number of amides is 2. The van der Waals surface area contributed by atoms with E-state index in [0.717, 1.165) is 24.2 Å². The first-order chi connectivity index (χ1) is 11.0. The summed E-state index contributed by atoms with van der Waals surface area (Å²) in [6, 6.07) is 4.87. The minimum atomic E-state index is -0.333. The number of nitrogens with one attached hydrogen (secondary N) is 4. The number of rotatable bonds is 3. The normalized spacial score (nSPS) is 12.8. The summed E-state index contributed by atoms with van der Waals surface area (Å²) in [5.41, 5.74) is 3.13. The van der Waals surface area contributed by atoms with Crippen LogP contribution >= 0.6 is 24.0 Å². The van der Waals surface area contributed by atoms with E-state index in [1.54, 1.807) is 18.2 Å². The van der Waals surface area contributed by atoms with Crippen molar-refractivity contribution in [3.63, 3.8) is 0 Å². The third-order valence-corrected chi connectivity index (χ3v) is 3.80. The van der Waals surface area contributed by atoms with Crippen LogP contribution in [0.1, 0.15) is 28.7 Å². The summed E-state index contributed by atoms with van der Waals surface area (Å²) in [4.78, 5) is 23.8. The van der Waals surface area contributed by atoms with Gasteiger partial charge in [-0.25, -0.2) is 0 Å². The standard InChI is InChI=1S/C15H16ClN5O2.ClH/c1-8(22)18-13-6-9(16)2-3-12(13)19-15(23)14-10-7-17-5-4-11(10)20-21-14;/h2-3,6,17H,4-5,7H2,1H3,(H,18,22)(H,19,23)(H,20,21);1H. The molecule has 0 spiro atoms. The highest BCUT2D eigenvalue weighted by molar-refractivity contribution is 6.31. The number of fused-ring (bicyclic) bond motifs is 1. The molecule has 1 aliphatic heterocycles. The molecule has 1 aromatic carbocycles. The minimum Gasteiger partial charge on any atom is -0.324 e. The summed E-state index contributed by atoms with van der Waals surface area (Å²) in [5, 5.41) is 16.1. The number of nitrogens with zero attached hydrogens (tertiary/aromatic N) is 1. The molecule has 24 heavy (non-hydrogen) atoms. The average molecular weight is 370 g/mol. The highest BCUT2D eigenvalue weighted by Crippen LogP contribution is 2.27. The molecule has 3 rings (SSSR count). The van der Waals surface area contributed by atoms with Gasteiger partial charge in [0.25, 0.3) is 5.91 Å². The van der Waals surface area contributed by atoms with Crippen molar-refractivity contribution in [1.29, 1.82) is 0 Å². The Bertz CT molecular complexity index is 775. The van der Waals surface area contributed by atoms with Crippen molar-refractivity contribution in [2.75, 3.05) is 17.2 Å². The van der Waals surface area contributed by atoms with Gasteiger partial charge < -0.3 is 16.0 Å². The molecule has 0 atom stereocenters. The maximum Gasteiger partial charge on any atom is 0.276 e. The summed E-state index contributed by atoms with van der Waals surface area (Å²) in [6.45, 7) is 2.86. The summed E-state index contributed by atoms with van der Waals surface area (Å²) in [5.74, 6) is -0.579. The van der Waals surface area contributed by atoms with Gasteiger partial charge in [-0.3, -0.25) is 14.7 Å². The third kappa shape index (κ3) is 3.87. The van der Waals surface area contributed by atoms with E-state index in [1.165, 1.54) is 6.92 Å². The van der Waals surface area contributed by atoms with Crippen molar-refractivity contribution in [3.8, 4) is 0 Å². The van der Waals surface area contributed by atoms with Crippen molar-refractivity contribution in [2.45, 2.75) is 19.9 Å². The molecule has 128 valence electrons. The number of anilines is 2. The maximum atomic E-state index is 12.5. The first-order valence-electron chi connectivity index (χ1n) is 7.20. The third-order valence-electron chi connectivity index (χ3n) is 3.56. The molecule has 0 saturated heterocycles. The van der Waals surface area contributed by atoms with Gasteiger partial charge in [0, 0.05) is 42.7 Å². The molecule has 7 nitrogen and oxygen atoms in total. The van der Waals surface area contributed by atoms with Gasteiger partial charge in [-0.1, -0.05) is 11.6 Å². The van der Waals surface area contributed by atoms with Crippen molar-refractivity contribution >= 4 is 47.2 Å². The Morgan fingerprint density at radius 1 is 1.25 bits per heavy atom. The lowest BCUT2D eigenvalue weighted by Crippen LogP contribution is -2.25. The van der Waals surface area contributed by atoms with Crippen molar-refractivity contribution in [1.82, 2.24) is 15.5 Å². The van der Waals surface area contributed by atoms with Gasteiger partial charge in [-0.15, -0.1) is 12.4 Å². The second kappa shape index (κ2) is 7.65. The predicted molar refractivity (Wildman–Crippen MR) is 95.0 cm³/mol. The number of H-pyrrole nitrogens is 1. The Kier molecular flexibility index (Phi) is 5.82. The second-order valence-corrected chi connectivity index (χ2v) is 5.72. The number of carbonyl (C=O) groups is 2.